The fraction of sp³-hybridized carbons (Fsp3) is 0.0625. The van der Waals surface area contributed by atoms with Crippen molar-refractivity contribution in [1.29, 1.82) is 0 Å². The van der Waals surface area contributed by atoms with Crippen LogP contribution < -0.4 is 15.8 Å². The van der Waals surface area contributed by atoms with E-state index in [-0.39, 0.29) is 5.56 Å². The van der Waals surface area contributed by atoms with Crippen molar-refractivity contribution in [2.75, 3.05) is 0 Å². The van der Waals surface area contributed by atoms with Gasteiger partial charge in [-0.05, 0) is 24.3 Å². The third-order valence-electron chi connectivity index (χ3n) is 3.83. The van der Waals surface area contributed by atoms with Gasteiger partial charge in [0.15, 0.2) is 5.52 Å². The number of para-hydroxylation sites is 3. The van der Waals surface area contributed by atoms with Crippen molar-refractivity contribution < 1.29 is 4.57 Å². The van der Waals surface area contributed by atoms with Gasteiger partial charge in [-0.15, -0.1) is 4.52 Å². The summed E-state index contributed by atoms with van der Waals surface area (Å²) in [6.07, 6.45) is 0. The molecule has 0 atom stereocenters. The summed E-state index contributed by atoms with van der Waals surface area (Å²) >= 11 is 0. The lowest BCUT2D eigenvalue weighted by molar-refractivity contribution is -0.619. The van der Waals surface area contributed by atoms with Gasteiger partial charge in [0.1, 0.15) is 0 Å². The highest BCUT2D eigenvalue weighted by atomic mass is 16.2. The molecule has 4 rings (SSSR count). The number of aromatic nitrogens is 4. The molecule has 0 spiro atoms. The second kappa shape index (κ2) is 4.42. The zero-order chi connectivity index (χ0) is 15.3. The molecule has 4 aromatic rings. The Bertz CT molecular complexity index is 1120. The zero-order valence-electron chi connectivity index (χ0n) is 11.9. The van der Waals surface area contributed by atoms with E-state index < -0.39 is 5.69 Å². The number of H-pyrrole nitrogens is 1. The summed E-state index contributed by atoms with van der Waals surface area (Å²) < 4.78 is 4.47. The molecule has 1 N–H and O–H groups in total. The summed E-state index contributed by atoms with van der Waals surface area (Å²) in [5, 5.41) is 2.76. The van der Waals surface area contributed by atoms with Crippen molar-refractivity contribution in [1.82, 2.24) is 14.2 Å². The van der Waals surface area contributed by atoms with Crippen LogP contribution >= 0.6 is 0 Å². The van der Waals surface area contributed by atoms with Gasteiger partial charge in [0.05, 0.1) is 12.7 Å². The van der Waals surface area contributed by atoms with Crippen molar-refractivity contribution >= 4 is 16.7 Å². The Morgan fingerprint density at radius 1 is 0.955 bits per heavy atom. The fourth-order valence-corrected chi connectivity index (χ4v) is 2.82. The Morgan fingerprint density at radius 2 is 1.64 bits per heavy atom. The highest BCUT2D eigenvalue weighted by molar-refractivity contribution is 5.74. The van der Waals surface area contributed by atoms with Gasteiger partial charge in [-0.25, -0.2) is 13.9 Å². The van der Waals surface area contributed by atoms with Crippen molar-refractivity contribution in [2.24, 2.45) is 7.05 Å². The third kappa shape index (κ3) is 1.57. The molecular formula is C16H13N4O2+. The van der Waals surface area contributed by atoms with E-state index in [0.717, 1.165) is 15.6 Å². The Hall–Kier alpha value is -3.15. The first kappa shape index (κ1) is 12.6. The fourth-order valence-electron chi connectivity index (χ4n) is 2.82. The molecule has 0 saturated carbocycles. The van der Waals surface area contributed by atoms with Crippen LogP contribution in [0.1, 0.15) is 0 Å². The molecule has 6 heteroatoms. The minimum atomic E-state index is -0.468. The van der Waals surface area contributed by atoms with E-state index in [1.807, 2.05) is 37.4 Å². The summed E-state index contributed by atoms with van der Waals surface area (Å²) in [5.41, 5.74) is 1.79. The van der Waals surface area contributed by atoms with E-state index in [4.69, 9.17) is 0 Å². The predicted octanol–water partition coefficient (Wildman–Crippen LogP) is 0.756. The van der Waals surface area contributed by atoms with E-state index in [1.54, 1.807) is 33.3 Å². The van der Waals surface area contributed by atoms with Crippen LogP contribution in [0.5, 0.6) is 0 Å². The summed E-state index contributed by atoms with van der Waals surface area (Å²) in [6, 6.07) is 16.4. The monoisotopic (exact) mass is 293 g/mol. The van der Waals surface area contributed by atoms with Gasteiger partial charge < -0.3 is 0 Å². The number of hydrogen-bond acceptors (Lipinski definition) is 2. The molecule has 2 aromatic heterocycles. The summed E-state index contributed by atoms with van der Waals surface area (Å²) in [6.45, 7) is 0. The molecule has 0 aliphatic carbocycles. The maximum Gasteiger partial charge on any atom is 0.373 e. The average Bonchev–Trinajstić information content (AvgIpc) is 2.82. The van der Waals surface area contributed by atoms with Crippen LogP contribution in [0, 0.1) is 0 Å². The van der Waals surface area contributed by atoms with Crippen molar-refractivity contribution in [2.45, 2.75) is 0 Å². The molecule has 22 heavy (non-hydrogen) atoms. The molecule has 0 aliphatic rings. The number of imidazole rings is 1. The molecule has 2 aromatic carbocycles. The van der Waals surface area contributed by atoms with Crippen LogP contribution in [0.4, 0.5) is 0 Å². The Morgan fingerprint density at radius 3 is 2.41 bits per heavy atom. The minimum absolute atomic E-state index is 0.353. The number of benzene rings is 2. The number of aromatic amines is 1. The number of rotatable bonds is 1. The van der Waals surface area contributed by atoms with Gasteiger partial charge >= 0.3 is 16.9 Å². The maximum atomic E-state index is 12.8. The summed E-state index contributed by atoms with van der Waals surface area (Å²) in [5.74, 6) is 0. The number of nitrogens with zero attached hydrogens (tertiary/aromatic N) is 3. The zero-order valence-corrected chi connectivity index (χ0v) is 11.9. The van der Waals surface area contributed by atoms with Crippen LogP contribution in [0.2, 0.25) is 0 Å². The van der Waals surface area contributed by atoms with E-state index in [2.05, 4.69) is 5.10 Å². The summed E-state index contributed by atoms with van der Waals surface area (Å²) in [4.78, 5) is 25.2. The Balaban J connectivity index is 2.24. The standard InChI is InChI=1S/C16H12N4O2/c1-18-12-9-5-6-10-13(12)20-14(18)15(21)19(16(22)17-20)11-7-3-2-4-8-11/h2-10H,1H3/p+1. The van der Waals surface area contributed by atoms with Gasteiger partial charge in [0.2, 0.25) is 5.52 Å². The second-order valence-electron chi connectivity index (χ2n) is 5.10. The van der Waals surface area contributed by atoms with Crippen molar-refractivity contribution in [3.63, 3.8) is 0 Å². The van der Waals surface area contributed by atoms with Gasteiger partial charge in [0, 0.05) is 0 Å². The van der Waals surface area contributed by atoms with Crippen LogP contribution in [0.15, 0.2) is 64.2 Å². The first-order chi connectivity index (χ1) is 10.7. The molecule has 0 radical (unpaired) electrons. The molecule has 2 heterocycles. The Labute approximate surface area is 124 Å². The Kier molecular flexibility index (Phi) is 2.53. The molecule has 0 amide bonds. The first-order valence-corrected chi connectivity index (χ1v) is 6.88. The molecular weight excluding hydrogens is 280 g/mol. The second-order valence-corrected chi connectivity index (χ2v) is 5.10. The molecule has 0 unspecified atom stereocenters. The first-order valence-electron chi connectivity index (χ1n) is 6.88. The number of nitrogens with one attached hydrogen (secondary N) is 1. The number of aryl methyl sites for hydroxylation is 1. The van der Waals surface area contributed by atoms with Crippen molar-refractivity contribution in [3.8, 4) is 5.69 Å². The van der Waals surface area contributed by atoms with E-state index in [0.29, 0.717) is 11.3 Å². The third-order valence-corrected chi connectivity index (χ3v) is 3.83. The SMILES string of the molecule is C[n+]1c2ccccc2n2[nH]c(=O)n(-c3ccccc3)c(=O)c21. The molecule has 6 nitrogen and oxygen atoms in total. The lowest BCUT2D eigenvalue weighted by atomic mass is 10.3. The number of fused-ring (bicyclic) bond motifs is 3. The van der Waals surface area contributed by atoms with E-state index in [9.17, 15) is 9.59 Å². The molecule has 108 valence electrons. The van der Waals surface area contributed by atoms with Crippen molar-refractivity contribution in [3.05, 3.63) is 75.4 Å². The highest BCUT2D eigenvalue weighted by Gasteiger charge is 2.23. The van der Waals surface area contributed by atoms with Gasteiger partial charge in [-0.3, -0.25) is 4.79 Å². The van der Waals surface area contributed by atoms with Crippen LogP contribution in [0.25, 0.3) is 22.4 Å². The van der Waals surface area contributed by atoms with E-state index >= 15 is 0 Å². The normalized spacial score (nSPS) is 11.3. The minimum Gasteiger partial charge on any atom is -0.259 e. The van der Waals surface area contributed by atoms with Gasteiger partial charge in [-0.2, -0.15) is 5.10 Å². The van der Waals surface area contributed by atoms with Gasteiger partial charge in [-0.1, -0.05) is 30.3 Å². The van der Waals surface area contributed by atoms with Crippen LogP contribution in [0.3, 0.4) is 0 Å². The van der Waals surface area contributed by atoms with Gasteiger partial charge in [0.25, 0.3) is 0 Å². The lowest BCUT2D eigenvalue weighted by Gasteiger charge is -2.02. The topological polar surface area (TPSA) is 63.1 Å². The maximum absolute atomic E-state index is 12.8. The molecule has 0 saturated heterocycles. The molecule has 0 bridgehead atoms. The smallest absolute Gasteiger partial charge is 0.259 e. The van der Waals surface area contributed by atoms with Crippen LogP contribution in [-0.4, -0.2) is 14.2 Å². The predicted molar refractivity (Wildman–Crippen MR) is 82.3 cm³/mol. The average molecular weight is 293 g/mol. The highest BCUT2D eigenvalue weighted by Crippen LogP contribution is 2.10. The quantitative estimate of drug-likeness (QED) is 0.527. The summed E-state index contributed by atoms with van der Waals surface area (Å²) in [7, 11) is 1.81. The van der Waals surface area contributed by atoms with E-state index in [1.165, 1.54) is 0 Å². The number of hydrogen-bond donors (Lipinski definition) is 1. The molecule has 0 fully saturated rings. The lowest BCUT2D eigenvalue weighted by Crippen LogP contribution is -2.42. The largest absolute Gasteiger partial charge is 0.373 e. The van der Waals surface area contributed by atoms with Crippen LogP contribution in [-0.2, 0) is 7.05 Å². The molecule has 0 aliphatic heterocycles.